The fourth-order valence-electron chi connectivity index (χ4n) is 2.09. The Kier molecular flexibility index (Phi) is 5.25. The van der Waals surface area contributed by atoms with Gasteiger partial charge in [0.25, 0.3) is 0 Å². The van der Waals surface area contributed by atoms with Gasteiger partial charge in [-0.3, -0.25) is 9.09 Å². The van der Waals surface area contributed by atoms with E-state index in [4.69, 9.17) is 10.5 Å². The van der Waals surface area contributed by atoms with Crippen molar-refractivity contribution in [2.75, 3.05) is 12.3 Å². The summed E-state index contributed by atoms with van der Waals surface area (Å²) in [5.74, 6) is -5.15. The van der Waals surface area contributed by atoms with Crippen LogP contribution in [0.5, 0.6) is 0 Å². The number of halogens is 2. The fourth-order valence-corrected chi connectivity index (χ4v) is 2.84. The molecule has 0 spiro atoms. The van der Waals surface area contributed by atoms with Crippen LogP contribution in [0.4, 0.5) is 14.6 Å². The summed E-state index contributed by atoms with van der Waals surface area (Å²) in [7, 11) is -4.74. The number of hydrogen-bond donors (Lipinski definition) is 3. The van der Waals surface area contributed by atoms with Crippen molar-refractivity contribution >= 4 is 19.5 Å². The standard InChI is InChI=1S/C11H15F2N4O7P/c1-5(18)16-25(21,22)23-4-6-8(19)11(12,13)9(24-6)17-3-2-7(14)15-10(17)20/h2-3,6,8-9,19H,4H2,1H3,(H2,14,15,20)(H2,16,18,21,22)/p-1/t6-,8-,9-/m1/s1. The third-order valence-corrected chi connectivity index (χ3v) is 4.18. The average Bonchev–Trinajstić information content (AvgIpc) is 2.67. The summed E-state index contributed by atoms with van der Waals surface area (Å²) in [6, 6.07) is 1.07. The van der Waals surface area contributed by atoms with Gasteiger partial charge in [0, 0.05) is 6.20 Å². The highest BCUT2D eigenvalue weighted by Crippen LogP contribution is 2.47. The van der Waals surface area contributed by atoms with Crippen LogP contribution in [0, 0.1) is 0 Å². The topological polar surface area (TPSA) is 172 Å². The minimum atomic E-state index is -4.74. The molecule has 2 rings (SSSR count). The number of alkyl halides is 2. The molecule has 25 heavy (non-hydrogen) atoms. The van der Waals surface area contributed by atoms with Crippen LogP contribution in [0.3, 0.4) is 0 Å². The van der Waals surface area contributed by atoms with E-state index in [0.29, 0.717) is 4.57 Å². The van der Waals surface area contributed by atoms with E-state index in [0.717, 1.165) is 19.2 Å². The summed E-state index contributed by atoms with van der Waals surface area (Å²) in [6.07, 6.45) is -5.56. The Morgan fingerprint density at radius 3 is 2.88 bits per heavy atom. The van der Waals surface area contributed by atoms with Gasteiger partial charge in [-0.25, -0.2) is 9.36 Å². The number of nitrogen functional groups attached to an aromatic ring is 1. The van der Waals surface area contributed by atoms with Crippen molar-refractivity contribution in [1.82, 2.24) is 9.55 Å². The number of aromatic nitrogens is 2. The molecule has 4 atom stereocenters. The number of rotatable bonds is 5. The molecule has 0 aliphatic carbocycles. The maximum absolute atomic E-state index is 14.2. The molecule has 1 fully saturated rings. The van der Waals surface area contributed by atoms with Gasteiger partial charge in [-0.1, -0.05) is 0 Å². The molecule has 1 aliphatic heterocycles. The van der Waals surface area contributed by atoms with Crippen LogP contribution in [0.1, 0.15) is 13.2 Å². The summed E-state index contributed by atoms with van der Waals surface area (Å²) < 4.78 is 52.3. The predicted octanol–water partition coefficient (Wildman–Crippen LogP) is -1.39. The van der Waals surface area contributed by atoms with Gasteiger partial charge in [-0.15, -0.1) is 0 Å². The highest BCUT2D eigenvalue weighted by atomic mass is 31.2. The van der Waals surface area contributed by atoms with E-state index in [-0.39, 0.29) is 5.82 Å². The minimum Gasteiger partial charge on any atom is -0.862 e. The molecule has 140 valence electrons. The predicted molar refractivity (Wildman–Crippen MR) is 76.7 cm³/mol. The second-order valence-corrected chi connectivity index (χ2v) is 6.53. The van der Waals surface area contributed by atoms with Gasteiger partial charge in [-0.05, 0) is 18.9 Å². The Morgan fingerprint density at radius 1 is 1.68 bits per heavy atom. The summed E-state index contributed by atoms with van der Waals surface area (Å²) in [6.45, 7) is -0.0905. The number of nitrogens with zero attached hydrogens (tertiary/aromatic N) is 3. The van der Waals surface area contributed by atoms with Crippen molar-refractivity contribution in [1.29, 1.82) is 0 Å². The molecule has 0 aromatic carbocycles. The van der Waals surface area contributed by atoms with Crippen LogP contribution in [-0.2, 0) is 13.8 Å². The molecule has 0 amide bonds. The number of aliphatic hydroxyl groups excluding tert-OH is 1. The smallest absolute Gasteiger partial charge is 0.450 e. The van der Waals surface area contributed by atoms with Crippen LogP contribution >= 0.6 is 7.75 Å². The molecule has 2 heterocycles. The highest BCUT2D eigenvalue weighted by molar-refractivity contribution is 7.51. The second-order valence-electron chi connectivity index (χ2n) is 5.09. The third kappa shape index (κ3) is 4.19. The zero-order valence-corrected chi connectivity index (χ0v) is 13.5. The van der Waals surface area contributed by atoms with Crippen molar-refractivity contribution in [2.24, 2.45) is 4.76 Å². The zero-order valence-electron chi connectivity index (χ0n) is 12.7. The van der Waals surface area contributed by atoms with Crippen molar-refractivity contribution in [3.05, 3.63) is 22.7 Å². The molecule has 1 aromatic heterocycles. The van der Waals surface area contributed by atoms with E-state index >= 15 is 0 Å². The lowest BCUT2D eigenvalue weighted by atomic mass is 10.1. The first kappa shape index (κ1) is 19.4. The Morgan fingerprint density at radius 2 is 2.32 bits per heavy atom. The molecular weight excluding hydrogens is 369 g/mol. The lowest BCUT2D eigenvalue weighted by Crippen LogP contribution is -2.41. The molecule has 1 unspecified atom stereocenters. The van der Waals surface area contributed by atoms with Gasteiger partial charge in [0.2, 0.25) is 6.23 Å². The fraction of sp³-hybridized carbons (Fsp3) is 0.545. The molecule has 11 nitrogen and oxygen atoms in total. The highest BCUT2D eigenvalue weighted by Gasteiger charge is 2.60. The maximum atomic E-state index is 14.2. The summed E-state index contributed by atoms with van der Waals surface area (Å²) >= 11 is 0. The van der Waals surface area contributed by atoms with Gasteiger partial charge in [0.1, 0.15) is 11.9 Å². The van der Waals surface area contributed by atoms with Crippen LogP contribution in [0.25, 0.3) is 0 Å². The number of aliphatic hydroxyl groups is 1. The van der Waals surface area contributed by atoms with Gasteiger partial charge in [-0.2, -0.15) is 18.5 Å². The van der Waals surface area contributed by atoms with E-state index in [2.05, 4.69) is 14.3 Å². The third-order valence-electron chi connectivity index (χ3n) is 3.16. The van der Waals surface area contributed by atoms with Crippen LogP contribution in [0.15, 0.2) is 21.8 Å². The Balaban J connectivity index is 2.20. The van der Waals surface area contributed by atoms with Crippen molar-refractivity contribution in [3.8, 4) is 0 Å². The monoisotopic (exact) mass is 383 g/mol. The van der Waals surface area contributed by atoms with Crippen LogP contribution in [-0.4, -0.2) is 50.2 Å². The lowest BCUT2D eigenvalue weighted by molar-refractivity contribution is -0.215. The van der Waals surface area contributed by atoms with E-state index in [9.17, 15) is 33.2 Å². The van der Waals surface area contributed by atoms with Crippen LogP contribution in [0.2, 0.25) is 0 Å². The molecule has 1 saturated heterocycles. The zero-order chi connectivity index (χ0) is 19.0. The van der Waals surface area contributed by atoms with Crippen LogP contribution < -0.4 is 16.5 Å². The SMILES string of the molecule is CC([O-])=NP(=O)(O)OC[C@H]1O[C@@H](n2ccc(N)nc2=O)C(F)(F)[C@@H]1O. The average molecular weight is 383 g/mol. The largest absolute Gasteiger partial charge is 0.862 e. The Bertz CT molecular complexity index is 782. The summed E-state index contributed by atoms with van der Waals surface area (Å²) in [5, 5.41) is 20.4. The van der Waals surface area contributed by atoms with E-state index in [1.165, 1.54) is 0 Å². The summed E-state index contributed by atoms with van der Waals surface area (Å²) in [4.78, 5) is 24.2. The minimum absolute atomic E-state index is 0.199. The van der Waals surface area contributed by atoms with Gasteiger partial charge < -0.3 is 25.6 Å². The van der Waals surface area contributed by atoms with E-state index in [1.807, 2.05) is 0 Å². The molecule has 0 saturated carbocycles. The number of ether oxygens (including phenoxy) is 1. The number of anilines is 1. The first-order valence-corrected chi connectivity index (χ1v) is 8.24. The second kappa shape index (κ2) is 6.77. The lowest BCUT2D eigenvalue weighted by Gasteiger charge is -2.20. The summed E-state index contributed by atoms with van der Waals surface area (Å²) in [5.41, 5.74) is 4.12. The molecule has 0 radical (unpaired) electrons. The molecule has 14 heteroatoms. The first-order valence-electron chi connectivity index (χ1n) is 6.71. The van der Waals surface area contributed by atoms with Crippen molar-refractivity contribution in [3.63, 3.8) is 0 Å². The van der Waals surface area contributed by atoms with Crippen molar-refractivity contribution in [2.45, 2.75) is 31.3 Å². The van der Waals surface area contributed by atoms with Gasteiger partial charge in [0.15, 0.2) is 6.10 Å². The van der Waals surface area contributed by atoms with Crippen molar-refractivity contribution < 1.29 is 37.7 Å². The molecule has 4 N–H and O–H groups in total. The first-order chi connectivity index (χ1) is 11.4. The molecule has 0 bridgehead atoms. The molecule has 1 aromatic rings. The number of nitrogens with two attached hydrogens (primary N) is 1. The normalized spacial score (nSPS) is 28.7. The maximum Gasteiger partial charge on any atom is 0.450 e. The molecular formula is C11H14F2N4O7P-. The number of hydrogen-bond acceptors (Lipinski definition) is 8. The molecule has 1 aliphatic rings. The van der Waals surface area contributed by atoms with E-state index < -0.39 is 50.3 Å². The Hall–Kier alpha value is -1.92. The van der Waals surface area contributed by atoms with E-state index in [1.54, 1.807) is 0 Å². The van der Waals surface area contributed by atoms with Gasteiger partial charge in [0.05, 0.1) is 6.61 Å². The Labute approximate surface area is 138 Å². The van der Waals surface area contributed by atoms with Gasteiger partial charge >= 0.3 is 19.4 Å². The quantitative estimate of drug-likeness (QED) is 0.314.